The maximum absolute atomic E-state index is 11.5. The lowest BCUT2D eigenvalue weighted by Crippen LogP contribution is -2.35. The molecule has 22 heavy (non-hydrogen) atoms. The number of amides is 1. The number of aromatic hydroxyl groups is 1. The van der Waals surface area contributed by atoms with Gasteiger partial charge in [-0.25, -0.2) is 4.79 Å². The summed E-state index contributed by atoms with van der Waals surface area (Å²) in [5.41, 5.74) is 0.663. The molecule has 0 bridgehead atoms. The fourth-order valence-corrected chi connectivity index (χ4v) is 1.57. The van der Waals surface area contributed by atoms with E-state index >= 15 is 0 Å². The molecule has 0 saturated carbocycles. The third kappa shape index (κ3) is 5.87. The molecule has 0 unspecified atom stereocenters. The molecule has 2 N–H and O–H groups in total. The lowest BCUT2D eigenvalue weighted by Gasteiger charge is -2.10. The first-order valence-corrected chi connectivity index (χ1v) is 6.97. The van der Waals surface area contributed by atoms with E-state index in [0.717, 1.165) is 6.42 Å². The Kier molecular flexibility index (Phi) is 6.95. The number of hydrogen-bond donors (Lipinski definition) is 2. The van der Waals surface area contributed by atoms with Gasteiger partial charge < -0.3 is 19.9 Å². The zero-order chi connectivity index (χ0) is 16.5. The summed E-state index contributed by atoms with van der Waals surface area (Å²) >= 11 is 0. The van der Waals surface area contributed by atoms with Crippen LogP contribution in [0.5, 0.6) is 11.5 Å². The highest BCUT2D eigenvalue weighted by molar-refractivity contribution is 5.89. The number of carbonyl (C=O) groups is 2. The van der Waals surface area contributed by atoms with Gasteiger partial charge in [-0.2, -0.15) is 0 Å². The van der Waals surface area contributed by atoms with Gasteiger partial charge in [0.1, 0.15) is 0 Å². The summed E-state index contributed by atoms with van der Waals surface area (Å²) in [6, 6.07) is 4.71. The van der Waals surface area contributed by atoms with Gasteiger partial charge in [0.25, 0.3) is 5.91 Å². The number of hydrogen-bond acceptors (Lipinski definition) is 5. The van der Waals surface area contributed by atoms with Crippen molar-refractivity contribution < 1.29 is 24.2 Å². The fourth-order valence-electron chi connectivity index (χ4n) is 1.57. The summed E-state index contributed by atoms with van der Waals surface area (Å²) < 4.78 is 9.80. The topological polar surface area (TPSA) is 84.9 Å². The van der Waals surface area contributed by atoms with Crippen molar-refractivity contribution >= 4 is 18.0 Å². The van der Waals surface area contributed by atoms with Crippen molar-refractivity contribution in [3.05, 3.63) is 29.8 Å². The largest absolute Gasteiger partial charge is 0.504 e. The van der Waals surface area contributed by atoms with Crippen molar-refractivity contribution in [2.75, 3.05) is 13.7 Å². The van der Waals surface area contributed by atoms with Gasteiger partial charge in [-0.3, -0.25) is 4.79 Å². The Morgan fingerprint density at radius 1 is 1.41 bits per heavy atom. The zero-order valence-electron chi connectivity index (χ0n) is 13.0. The summed E-state index contributed by atoms with van der Waals surface area (Å²) in [6.45, 7) is 3.51. The molecule has 0 radical (unpaired) electrons. The second-order valence-corrected chi connectivity index (χ2v) is 4.75. The molecule has 6 heteroatoms. The van der Waals surface area contributed by atoms with Crippen LogP contribution in [0.3, 0.4) is 0 Å². The van der Waals surface area contributed by atoms with Crippen LogP contribution in [-0.4, -0.2) is 36.7 Å². The SMILES string of the molecule is CC[C@@H](C)NC(=O)COC(=O)/C=C/c1ccc(O)c(OC)c1. The summed E-state index contributed by atoms with van der Waals surface area (Å²) in [5, 5.41) is 12.2. The third-order valence-corrected chi connectivity index (χ3v) is 2.98. The van der Waals surface area contributed by atoms with Gasteiger partial charge in [-0.1, -0.05) is 13.0 Å². The second kappa shape index (κ2) is 8.71. The van der Waals surface area contributed by atoms with Crippen LogP contribution in [0, 0.1) is 0 Å². The fraction of sp³-hybridized carbons (Fsp3) is 0.375. The first-order chi connectivity index (χ1) is 10.5. The molecule has 1 amide bonds. The van der Waals surface area contributed by atoms with E-state index in [1.165, 1.54) is 25.3 Å². The van der Waals surface area contributed by atoms with Crippen molar-refractivity contribution in [2.24, 2.45) is 0 Å². The van der Waals surface area contributed by atoms with Gasteiger partial charge >= 0.3 is 5.97 Å². The van der Waals surface area contributed by atoms with Crippen molar-refractivity contribution in [1.82, 2.24) is 5.32 Å². The Morgan fingerprint density at radius 2 is 2.14 bits per heavy atom. The molecule has 0 aliphatic carbocycles. The van der Waals surface area contributed by atoms with Gasteiger partial charge in [0.2, 0.25) is 0 Å². The average Bonchev–Trinajstić information content (AvgIpc) is 2.51. The van der Waals surface area contributed by atoms with Crippen molar-refractivity contribution in [2.45, 2.75) is 26.3 Å². The smallest absolute Gasteiger partial charge is 0.331 e. The summed E-state index contributed by atoms with van der Waals surface area (Å²) in [7, 11) is 1.44. The maximum atomic E-state index is 11.5. The van der Waals surface area contributed by atoms with E-state index in [2.05, 4.69) is 5.32 Å². The Hall–Kier alpha value is -2.50. The number of phenols is 1. The number of methoxy groups -OCH3 is 1. The Labute approximate surface area is 129 Å². The molecule has 0 heterocycles. The minimum atomic E-state index is -0.619. The van der Waals surface area contributed by atoms with Gasteiger partial charge in [0.05, 0.1) is 7.11 Å². The van der Waals surface area contributed by atoms with Crippen LogP contribution in [0.2, 0.25) is 0 Å². The number of phenolic OH excluding ortho intramolecular Hbond substituents is 1. The molecule has 6 nitrogen and oxygen atoms in total. The Morgan fingerprint density at radius 3 is 2.77 bits per heavy atom. The number of nitrogens with one attached hydrogen (secondary N) is 1. The Bertz CT molecular complexity index is 553. The molecule has 1 atom stereocenters. The lowest BCUT2D eigenvalue weighted by atomic mass is 10.2. The predicted molar refractivity (Wildman–Crippen MR) is 82.5 cm³/mol. The zero-order valence-corrected chi connectivity index (χ0v) is 13.0. The summed E-state index contributed by atoms with van der Waals surface area (Å²) in [6.07, 6.45) is 3.53. The van der Waals surface area contributed by atoms with Gasteiger partial charge in [0.15, 0.2) is 18.1 Å². The van der Waals surface area contributed by atoms with Crippen LogP contribution < -0.4 is 10.1 Å². The number of ether oxygens (including phenoxy) is 2. The van der Waals surface area contributed by atoms with Gasteiger partial charge in [-0.05, 0) is 37.1 Å². The monoisotopic (exact) mass is 307 g/mol. The molecule has 1 aromatic carbocycles. The van der Waals surface area contributed by atoms with E-state index in [1.54, 1.807) is 12.1 Å². The van der Waals surface area contributed by atoms with E-state index in [-0.39, 0.29) is 24.3 Å². The van der Waals surface area contributed by atoms with Gasteiger partial charge in [-0.15, -0.1) is 0 Å². The lowest BCUT2D eigenvalue weighted by molar-refractivity contribution is -0.144. The standard InChI is InChI=1S/C16H21NO5/c1-4-11(2)17-15(19)10-22-16(20)8-6-12-5-7-13(18)14(9-12)21-3/h5-9,11,18H,4,10H2,1-3H3,(H,17,19)/b8-6+/t11-/m1/s1. The number of benzene rings is 1. The molecule has 0 aliphatic heterocycles. The molecular weight excluding hydrogens is 286 g/mol. The average molecular weight is 307 g/mol. The van der Waals surface area contributed by atoms with E-state index in [9.17, 15) is 14.7 Å². The summed E-state index contributed by atoms with van der Waals surface area (Å²) in [5.74, 6) is -0.624. The number of carbonyl (C=O) groups excluding carboxylic acids is 2. The van der Waals surface area contributed by atoms with Crippen LogP contribution >= 0.6 is 0 Å². The minimum absolute atomic E-state index is 0.0175. The quantitative estimate of drug-likeness (QED) is 0.593. The molecular formula is C16H21NO5. The van der Waals surface area contributed by atoms with E-state index in [1.807, 2.05) is 13.8 Å². The van der Waals surface area contributed by atoms with Crippen LogP contribution in [0.4, 0.5) is 0 Å². The molecule has 0 spiro atoms. The molecule has 0 fully saturated rings. The summed E-state index contributed by atoms with van der Waals surface area (Å²) in [4.78, 5) is 23.0. The molecule has 1 rings (SSSR count). The number of rotatable bonds is 7. The van der Waals surface area contributed by atoms with E-state index in [0.29, 0.717) is 11.3 Å². The van der Waals surface area contributed by atoms with Gasteiger partial charge in [0, 0.05) is 12.1 Å². The number of esters is 1. The van der Waals surface area contributed by atoms with Crippen molar-refractivity contribution in [1.29, 1.82) is 0 Å². The van der Waals surface area contributed by atoms with Crippen LogP contribution in [-0.2, 0) is 14.3 Å². The third-order valence-electron chi connectivity index (χ3n) is 2.98. The highest BCUT2D eigenvalue weighted by Crippen LogP contribution is 2.26. The van der Waals surface area contributed by atoms with Crippen LogP contribution in [0.15, 0.2) is 24.3 Å². The van der Waals surface area contributed by atoms with Crippen molar-refractivity contribution in [3.63, 3.8) is 0 Å². The van der Waals surface area contributed by atoms with Crippen molar-refractivity contribution in [3.8, 4) is 11.5 Å². The van der Waals surface area contributed by atoms with Crippen LogP contribution in [0.1, 0.15) is 25.8 Å². The minimum Gasteiger partial charge on any atom is -0.504 e. The molecule has 0 aliphatic rings. The molecule has 1 aromatic rings. The first-order valence-electron chi connectivity index (χ1n) is 6.97. The normalized spacial score (nSPS) is 12.0. The van der Waals surface area contributed by atoms with E-state index in [4.69, 9.17) is 9.47 Å². The molecule has 0 saturated heterocycles. The molecule has 120 valence electrons. The van der Waals surface area contributed by atoms with Crippen LogP contribution in [0.25, 0.3) is 6.08 Å². The highest BCUT2D eigenvalue weighted by atomic mass is 16.5. The predicted octanol–water partition coefficient (Wildman–Crippen LogP) is 1.87. The Balaban J connectivity index is 2.49. The first kappa shape index (κ1) is 17.6. The second-order valence-electron chi connectivity index (χ2n) is 4.75. The van der Waals surface area contributed by atoms with E-state index < -0.39 is 5.97 Å². The molecule has 0 aromatic heterocycles. The maximum Gasteiger partial charge on any atom is 0.331 e. The highest BCUT2D eigenvalue weighted by Gasteiger charge is 2.07.